The molecule has 1 fully saturated rings. The van der Waals surface area contributed by atoms with Crippen molar-refractivity contribution in [1.29, 1.82) is 0 Å². The van der Waals surface area contributed by atoms with Crippen LogP contribution in [0, 0.1) is 5.41 Å². The van der Waals surface area contributed by atoms with Gasteiger partial charge in [-0.2, -0.15) is 0 Å². The smallest absolute Gasteiger partial charge is 0.156 e. The summed E-state index contributed by atoms with van der Waals surface area (Å²) in [7, 11) is 3.35. The molecule has 0 heterocycles. The third-order valence-corrected chi connectivity index (χ3v) is 4.09. The molecule has 0 aromatic rings. The lowest BCUT2D eigenvalue weighted by Crippen LogP contribution is -2.28. The summed E-state index contributed by atoms with van der Waals surface area (Å²) in [6.45, 7) is 4.48. The van der Waals surface area contributed by atoms with Crippen LogP contribution in [0.1, 0.15) is 58.8 Å². The van der Waals surface area contributed by atoms with Crippen molar-refractivity contribution in [2.45, 2.75) is 71.2 Å². The predicted octanol–water partition coefficient (Wildman–Crippen LogP) is 3.66. The fourth-order valence-corrected chi connectivity index (χ4v) is 2.72. The van der Waals surface area contributed by atoms with E-state index in [1.54, 1.807) is 14.2 Å². The maximum Gasteiger partial charge on any atom is 0.156 e. The van der Waals surface area contributed by atoms with Gasteiger partial charge in [-0.1, -0.05) is 19.9 Å². The Kier molecular flexibility index (Phi) is 7.05. The van der Waals surface area contributed by atoms with Crippen molar-refractivity contribution < 1.29 is 14.6 Å². The van der Waals surface area contributed by atoms with Crippen LogP contribution in [0.2, 0.25) is 0 Å². The van der Waals surface area contributed by atoms with Crippen LogP contribution in [0.4, 0.5) is 0 Å². The average molecular weight is 270 g/mol. The molecular formula is C16H30O3. The lowest BCUT2D eigenvalue weighted by molar-refractivity contribution is -0.107. The molecule has 0 saturated heterocycles. The lowest BCUT2D eigenvalue weighted by atomic mass is 9.74. The molecule has 19 heavy (non-hydrogen) atoms. The Labute approximate surface area is 118 Å². The van der Waals surface area contributed by atoms with Crippen LogP contribution in [0.3, 0.4) is 0 Å². The van der Waals surface area contributed by atoms with Crippen LogP contribution in [0.25, 0.3) is 0 Å². The third kappa shape index (κ3) is 6.07. The first-order valence-corrected chi connectivity index (χ1v) is 7.41. The Morgan fingerprint density at radius 3 is 2.58 bits per heavy atom. The zero-order chi connectivity index (χ0) is 14.3. The van der Waals surface area contributed by atoms with E-state index < -0.39 is 0 Å². The number of allylic oxidation sites excluding steroid dienone is 1. The Hall–Kier alpha value is -0.380. The standard InChI is InChI=1S/C16H30O3/c1-16(2)11-10-13(14(17)12-16)8-6-5-7-9-15(18-3)19-4/h8,14-15,17H,5-7,9-12H2,1-4H3/b13-8-. The normalized spacial score (nSPS) is 25.2. The maximum absolute atomic E-state index is 10.1. The monoisotopic (exact) mass is 270 g/mol. The van der Waals surface area contributed by atoms with E-state index in [1.165, 1.54) is 12.0 Å². The second-order valence-corrected chi connectivity index (χ2v) is 6.35. The van der Waals surface area contributed by atoms with Gasteiger partial charge in [0, 0.05) is 14.2 Å². The quantitative estimate of drug-likeness (QED) is 0.436. The molecule has 0 amide bonds. The van der Waals surface area contributed by atoms with E-state index in [4.69, 9.17) is 9.47 Å². The summed E-state index contributed by atoms with van der Waals surface area (Å²) in [4.78, 5) is 0. The first-order chi connectivity index (χ1) is 8.98. The summed E-state index contributed by atoms with van der Waals surface area (Å²) in [5.74, 6) is 0. The van der Waals surface area contributed by atoms with Gasteiger partial charge in [0.1, 0.15) is 0 Å². The molecule has 1 rings (SSSR count). The van der Waals surface area contributed by atoms with Crippen LogP contribution in [-0.2, 0) is 9.47 Å². The van der Waals surface area contributed by atoms with E-state index in [0.29, 0.717) is 5.41 Å². The van der Waals surface area contributed by atoms with Crippen LogP contribution >= 0.6 is 0 Å². The topological polar surface area (TPSA) is 38.7 Å². The molecule has 112 valence electrons. The number of ether oxygens (including phenoxy) is 2. The van der Waals surface area contributed by atoms with E-state index in [1.807, 2.05) is 0 Å². The molecule has 3 heteroatoms. The van der Waals surface area contributed by atoms with Gasteiger partial charge in [-0.05, 0) is 55.9 Å². The first kappa shape index (κ1) is 16.7. The van der Waals surface area contributed by atoms with Gasteiger partial charge in [-0.15, -0.1) is 0 Å². The average Bonchev–Trinajstić information content (AvgIpc) is 2.35. The predicted molar refractivity (Wildman–Crippen MR) is 78.0 cm³/mol. The lowest BCUT2D eigenvalue weighted by Gasteiger charge is -2.34. The molecular weight excluding hydrogens is 240 g/mol. The van der Waals surface area contributed by atoms with Crippen molar-refractivity contribution >= 4 is 0 Å². The summed E-state index contributed by atoms with van der Waals surface area (Å²) in [5.41, 5.74) is 1.54. The summed E-state index contributed by atoms with van der Waals surface area (Å²) >= 11 is 0. The molecule has 3 nitrogen and oxygen atoms in total. The van der Waals surface area contributed by atoms with Crippen molar-refractivity contribution in [2.75, 3.05) is 14.2 Å². The van der Waals surface area contributed by atoms with E-state index in [0.717, 1.165) is 38.5 Å². The molecule has 1 N–H and O–H groups in total. The summed E-state index contributed by atoms with van der Waals surface area (Å²) in [5, 5.41) is 10.1. The molecule has 1 unspecified atom stereocenters. The van der Waals surface area contributed by atoms with Gasteiger partial charge in [-0.3, -0.25) is 0 Å². The highest BCUT2D eigenvalue weighted by atomic mass is 16.7. The van der Waals surface area contributed by atoms with Gasteiger partial charge in [0.15, 0.2) is 6.29 Å². The second-order valence-electron chi connectivity index (χ2n) is 6.35. The van der Waals surface area contributed by atoms with Gasteiger partial charge in [0.25, 0.3) is 0 Å². The minimum atomic E-state index is -0.227. The molecule has 0 spiro atoms. The van der Waals surface area contributed by atoms with Crippen molar-refractivity contribution in [3.8, 4) is 0 Å². The van der Waals surface area contributed by atoms with Gasteiger partial charge < -0.3 is 14.6 Å². The van der Waals surface area contributed by atoms with Gasteiger partial charge in [-0.25, -0.2) is 0 Å². The van der Waals surface area contributed by atoms with E-state index in [9.17, 15) is 5.11 Å². The zero-order valence-corrected chi connectivity index (χ0v) is 12.9. The summed E-state index contributed by atoms with van der Waals surface area (Å²) in [6, 6.07) is 0. The number of hydrogen-bond donors (Lipinski definition) is 1. The highest BCUT2D eigenvalue weighted by Gasteiger charge is 2.29. The zero-order valence-electron chi connectivity index (χ0n) is 12.9. The van der Waals surface area contributed by atoms with E-state index in [2.05, 4.69) is 19.9 Å². The van der Waals surface area contributed by atoms with Crippen molar-refractivity contribution in [3.63, 3.8) is 0 Å². The van der Waals surface area contributed by atoms with Crippen molar-refractivity contribution in [2.24, 2.45) is 5.41 Å². The Morgan fingerprint density at radius 2 is 2.00 bits per heavy atom. The molecule has 0 aliphatic heterocycles. The molecule has 1 atom stereocenters. The second kappa shape index (κ2) is 8.03. The Morgan fingerprint density at radius 1 is 1.32 bits per heavy atom. The molecule has 0 radical (unpaired) electrons. The number of aliphatic hydroxyl groups excluding tert-OH is 1. The van der Waals surface area contributed by atoms with E-state index in [-0.39, 0.29) is 12.4 Å². The number of unbranched alkanes of at least 4 members (excludes halogenated alkanes) is 2. The number of aliphatic hydroxyl groups is 1. The highest BCUT2D eigenvalue weighted by Crippen LogP contribution is 2.38. The maximum atomic E-state index is 10.1. The molecule has 0 aromatic carbocycles. The minimum Gasteiger partial charge on any atom is -0.389 e. The van der Waals surface area contributed by atoms with Gasteiger partial charge in [0.2, 0.25) is 0 Å². The van der Waals surface area contributed by atoms with E-state index >= 15 is 0 Å². The molecule has 0 bridgehead atoms. The van der Waals surface area contributed by atoms with Gasteiger partial charge in [0.05, 0.1) is 6.10 Å². The number of hydrogen-bond acceptors (Lipinski definition) is 3. The highest BCUT2D eigenvalue weighted by molar-refractivity contribution is 5.12. The fraction of sp³-hybridized carbons (Fsp3) is 0.875. The van der Waals surface area contributed by atoms with Gasteiger partial charge >= 0.3 is 0 Å². The van der Waals surface area contributed by atoms with Crippen LogP contribution in [0.15, 0.2) is 11.6 Å². The molecule has 1 saturated carbocycles. The Balaban J connectivity index is 2.22. The van der Waals surface area contributed by atoms with Crippen molar-refractivity contribution in [3.05, 3.63) is 11.6 Å². The molecule has 1 aliphatic carbocycles. The summed E-state index contributed by atoms with van der Waals surface area (Å²) in [6.07, 6.45) is 9.28. The largest absolute Gasteiger partial charge is 0.389 e. The van der Waals surface area contributed by atoms with Crippen molar-refractivity contribution in [1.82, 2.24) is 0 Å². The molecule has 0 aromatic heterocycles. The molecule has 1 aliphatic rings. The Bertz CT molecular complexity index is 280. The SMILES string of the molecule is COC(CCCC/C=C1/CCC(C)(C)CC1O)OC. The number of rotatable bonds is 7. The van der Waals surface area contributed by atoms with Crippen LogP contribution < -0.4 is 0 Å². The van der Waals surface area contributed by atoms with Crippen LogP contribution in [-0.4, -0.2) is 31.7 Å². The fourth-order valence-electron chi connectivity index (χ4n) is 2.72. The summed E-state index contributed by atoms with van der Waals surface area (Å²) < 4.78 is 10.3. The number of methoxy groups -OCH3 is 2. The minimum absolute atomic E-state index is 0.0753. The van der Waals surface area contributed by atoms with Crippen LogP contribution in [0.5, 0.6) is 0 Å². The first-order valence-electron chi connectivity index (χ1n) is 7.41. The third-order valence-electron chi connectivity index (χ3n) is 4.09.